The van der Waals surface area contributed by atoms with Gasteiger partial charge in [-0.05, 0) is 26.0 Å². The van der Waals surface area contributed by atoms with E-state index in [9.17, 15) is 18.0 Å². The molecule has 0 aliphatic rings. The van der Waals surface area contributed by atoms with Crippen LogP contribution in [0.15, 0.2) is 18.2 Å². The van der Waals surface area contributed by atoms with Crippen LogP contribution in [-0.4, -0.2) is 34.6 Å². The molecular formula is C11H14F3N3O. The van der Waals surface area contributed by atoms with Crippen LogP contribution in [-0.2, 0) is 0 Å². The second-order valence-corrected chi connectivity index (χ2v) is 4.09. The molecule has 0 atom stereocenters. The van der Waals surface area contributed by atoms with Crippen molar-refractivity contribution in [1.29, 1.82) is 0 Å². The zero-order valence-electron chi connectivity index (χ0n) is 10.0. The van der Waals surface area contributed by atoms with Crippen LogP contribution in [0.3, 0.4) is 0 Å². The highest BCUT2D eigenvalue weighted by Crippen LogP contribution is 2.19. The van der Waals surface area contributed by atoms with Gasteiger partial charge in [-0.2, -0.15) is 13.2 Å². The molecular weight excluding hydrogens is 247 g/mol. The maximum atomic E-state index is 12.4. The van der Waals surface area contributed by atoms with Crippen LogP contribution >= 0.6 is 0 Å². The van der Waals surface area contributed by atoms with E-state index in [2.05, 4.69) is 4.98 Å². The summed E-state index contributed by atoms with van der Waals surface area (Å²) in [5.74, 6) is -0.689. The zero-order valence-corrected chi connectivity index (χ0v) is 10.0. The molecule has 0 aliphatic heterocycles. The lowest BCUT2D eigenvalue weighted by molar-refractivity contribution is -0.143. The quantitative estimate of drug-likeness (QED) is 0.906. The van der Waals surface area contributed by atoms with Gasteiger partial charge in [0, 0.05) is 6.04 Å². The fourth-order valence-corrected chi connectivity index (χ4v) is 1.40. The largest absolute Gasteiger partial charge is 0.406 e. The van der Waals surface area contributed by atoms with Crippen molar-refractivity contribution in [3.63, 3.8) is 0 Å². The zero-order chi connectivity index (χ0) is 13.9. The van der Waals surface area contributed by atoms with E-state index in [0.29, 0.717) is 4.90 Å². The van der Waals surface area contributed by atoms with E-state index in [4.69, 9.17) is 5.73 Å². The molecule has 1 amide bonds. The number of nitrogen functional groups attached to an aromatic ring is 1. The van der Waals surface area contributed by atoms with Crippen LogP contribution in [0.4, 0.5) is 19.0 Å². The Kier molecular flexibility index (Phi) is 4.15. The highest BCUT2D eigenvalue weighted by molar-refractivity contribution is 5.92. The number of carbonyl (C=O) groups excluding carboxylic acids is 1. The summed E-state index contributed by atoms with van der Waals surface area (Å²) in [7, 11) is 0. The lowest BCUT2D eigenvalue weighted by atomic mass is 10.2. The smallest absolute Gasteiger partial charge is 0.384 e. The predicted octanol–water partition coefficient (Wildman–Crippen LogP) is 2.08. The molecule has 18 heavy (non-hydrogen) atoms. The van der Waals surface area contributed by atoms with E-state index in [1.165, 1.54) is 32.0 Å². The summed E-state index contributed by atoms with van der Waals surface area (Å²) in [6, 6.07) is 3.69. The molecule has 2 N–H and O–H groups in total. The first-order chi connectivity index (χ1) is 8.20. The number of carbonyl (C=O) groups is 1. The Hall–Kier alpha value is -1.79. The Balaban J connectivity index is 2.97. The minimum atomic E-state index is -4.44. The number of aromatic nitrogens is 1. The number of anilines is 1. The van der Waals surface area contributed by atoms with Gasteiger partial charge in [0.15, 0.2) is 0 Å². The standard InChI is InChI=1S/C11H14F3N3O/c1-7(2)17(6-11(12,13)14)10(18)8-4-3-5-9(15)16-8/h3-5,7H,6H2,1-2H3,(H2,15,16). The molecule has 0 aromatic carbocycles. The molecule has 100 valence electrons. The fraction of sp³-hybridized carbons (Fsp3) is 0.455. The molecule has 1 aromatic heterocycles. The van der Waals surface area contributed by atoms with Gasteiger partial charge >= 0.3 is 6.18 Å². The summed E-state index contributed by atoms with van der Waals surface area (Å²) >= 11 is 0. The first kappa shape index (κ1) is 14.3. The summed E-state index contributed by atoms with van der Waals surface area (Å²) in [4.78, 5) is 16.4. The predicted molar refractivity (Wildman–Crippen MR) is 60.9 cm³/mol. The first-order valence-electron chi connectivity index (χ1n) is 5.31. The number of rotatable bonds is 3. The average Bonchev–Trinajstić information content (AvgIpc) is 2.23. The van der Waals surface area contributed by atoms with Crippen molar-refractivity contribution >= 4 is 11.7 Å². The number of nitrogens with two attached hydrogens (primary N) is 1. The first-order valence-corrected chi connectivity index (χ1v) is 5.31. The number of nitrogens with zero attached hydrogens (tertiary/aromatic N) is 2. The van der Waals surface area contributed by atoms with Crippen molar-refractivity contribution in [2.45, 2.75) is 26.1 Å². The third kappa shape index (κ3) is 3.90. The minimum Gasteiger partial charge on any atom is -0.384 e. The van der Waals surface area contributed by atoms with Crippen molar-refractivity contribution in [3.8, 4) is 0 Å². The van der Waals surface area contributed by atoms with Crippen molar-refractivity contribution < 1.29 is 18.0 Å². The molecule has 0 unspecified atom stereocenters. The average molecular weight is 261 g/mol. The van der Waals surface area contributed by atoms with Crippen LogP contribution in [0.1, 0.15) is 24.3 Å². The molecule has 1 heterocycles. The number of amides is 1. The van der Waals surface area contributed by atoms with E-state index >= 15 is 0 Å². The second kappa shape index (κ2) is 5.24. The molecule has 0 saturated carbocycles. The summed E-state index contributed by atoms with van der Waals surface area (Å²) in [5, 5.41) is 0. The highest BCUT2D eigenvalue weighted by atomic mass is 19.4. The minimum absolute atomic E-state index is 0.0899. The Bertz CT molecular complexity index is 432. The lowest BCUT2D eigenvalue weighted by Crippen LogP contribution is -2.43. The highest BCUT2D eigenvalue weighted by Gasteiger charge is 2.34. The van der Waals surface area contributed by atoms with Crippen LogP contribution in [0.25, 0.3) is 0 Å². The summed E-state index contributed by atoms with van der Waals surface area (Å²) in [5.41, 5.74) is 5.31. The molecule has 1 rings (SSSR count). The second-order valence-electron chi connectivity index (χ2n) is 4.09. The van der Waals surface area contributed by atoms with E-state index in [1.54, 1.807) is 0 Å². The maximum Gasteiger partial charge on any atom is 0.406 e. The monoisotopic (exact) mass is 261 g/mol. The van der Waals surface area contributed by atoms with Crippen molar-refractivity contribution in [3.05, 3.63) is 23.9 Å². The van der Waals surface area contributed by atoms with Gasteiger partial charge in [0.1, 0.15) is 18.1 Å². The number of pyridine rings is 1. The number of alkyl halides is 3. The van der Waals surface area contributed by atoms with Crippen molar-refractivity contribution in [2.75, 3.05) is 12.3 Å². The van der Waals surface area contributed by atoms with E-state index in [0.717, 1.165) is 0 Å². The normalized spacial score (nSPS) is 11.7. The Morgan fingerprint density at radius 2 is 2.06 bits per heavy atom. The van der Waals surface area contributed by atoms with Gasteiger partial charge < -0.3 is 10.6 Å². The van der Waals surface area contributed by atoms with E-state index in [1.807, 2.05) is 0 Å². The SMILES string of the molecule is CC(C)N(CC(F)(F)F)C(=O)c1cccc(N)n1. The third-order valence-corrected chi connectivity index (χ3v) is 2.22. The van der Waals surface area contributed by atoms with Crippen LogP contribution < -0.4 is 5.73 Å². The Morgan fingerprint density at radius 3 is 2.50 bits per heavy atom. The maximum absolute atomic E-state index is 12.4. The molecule has 0 saturated heterocycles. The van der Waals surface area contributed by atoms with Gasteiger partial charge in [-0.15, -0.1) is 0 Å². The van der Waals surface area contributed by atoms with Gasteiger partial charge in [-0.1, -0.05) is 6.07 Å². The molecule has 0 aliphatic carbocycles. The van der Waals surface area contributed by atoms with Gasteiger partial charge in [0.05, 0.1) is 0 Å². The summed E-state index contributed by atoms with van der Waals surface area (Å²) in [6.07, 6.45) is -4.44. The Morgan fingerprint density at radius 1 is 1.44 bits per heavy atom. The molecule has 7 heteroatoms. The lowest BCUT2D eigenvalue weighted by Gasteiger charge is -2.27. The molecule has 1 aromatic rings. The van der Waals surface area contributed by atoms with Gasteiger partial charge in [0.25, 0.3) is 5.91 Å². The molecule has 0 radical (unpaired) electrons. The Labute approximate surface area is 103 Å². The topological polar surface area (TPSA) is 59.2 Å². The van der Waals surface area contributed by atoms with Crippen LogP contribution in [0, 0.1) is 0 Å². The fourth-order valence-electron chi connectivity index (χ4n) is 1.40. The summed E-state index contributed by atoms with van der Waals surface area (Å²) in [6.45, 7) is 1.71. The van der Waals surface area contributed by atoms with Crippen LogP contribution in [0.5, 0.6) is 0 Å². The number of halogens is 3. The van der Waals surface area contributed by atoms with Crippen molar-refractivity contribution in [1.82, 2.24) is 9.88 Å². The van der Waals surface area contributed by atoms with Gasteiger partial charge in [0.2, 0.25) is 0 Å². The van der Waals surface area contributed by atoms with Crippen LogP contribution in [0.2, 0.25) is 0 Å². The molecule has 4 nitrogen and oxygen atoms in total. The van der Waals surface area contributed by atoms with Crippen molar-refractivity contribution in [2.24, 2.45) is 0 Å². The molecule has 0 bridgehead atoms. The molecule has 0 fully saturated rings. The summed E-state index contributed by atoms with van der Waals surface area (Å²) < 4.78 is 37.1. The van der Waals surface area contributed by atoms with E-state index in [-0.39, 0.29) is 11.5 Å². The number of hydrogen-bond acceptors (Lipinski definition) is 3. The molecule has 0 spiro atoms. The number of hydrogen-bond donors (Lipinski definition) is 1. The van der Waals surface area contributed by atoms with Gasteiger partial charge in [-0.3, -0.25) is 4.79 Å². The van der Waals surface area contributed by atoms with Gasteiger partial charge in [-0.25, -0.2) is 4.98 Å². The third-order valence-electron chi connectivity index (χ3n) is 2.22. The van der Waals surface area contributed by atoms with E-state index < -0.39 is 24.7 Å².